The van der Waals surface area contributed by atoms with Gasteiger partial charge in [0, 0.05) is 0 Å². The van der Waals surface area contributed by atoms with Gasteiger partial charge in [-0.15, -0.1) is 0 Å². The van der Waals surface area contributed by atoms with Crippen LogP contribution in [0.1, 0.15) is 20.3 Å². The number of ketones is 1. The van der Waals surface area contributed by atoms with E-state index in [0.717, 1.165) is 17.6 Å². The van der Waals surface area contributed by atoms with Crippen molar-refractivity contribution in [2.24, 2.45) is 0 Å². The average molecular weight is 122 g/mol. The Bertz CT molecular complexity index is 197. The van der Waals surface area contributed by atoms with Crippen molar-refractivity contribution in [3.8, 4) is 0 Å². The van der Waals surface area contributed by atoms with Crippen LogP contribution in [0.25, 0.3) is 0 Å². The zero-order valence-electron chi connectivity index (χ0n) is 5.77. The molecule has 48 valence electrons. The molecule has 0 bridgehead atoms. The molecule has 1 rings (SSSR count). The first-order chi connectivity index (χ1) is 4.25. The fraction of sp³-hybridized carbons (Fsp3) is 0.375. The Balaban J connectivity index is 2.86. The molecule has 1 heteroatoms. The van der Waals surface area contributed by atoms with Crippen molar-refractivity contribution in [2.45, 2.75) is 20.3 Å². The standard InChI is InChI=1S/C8H10O/c1-3-7-5-4-6(2)8(7)9/h3-4H,5H2,1-2H3/b7-3-. The van der Waals surface area contributed by atoms with E-state index in [4.69, 9.17) is 0 Å². The molecule has 1 aliphatic carbocycles. The van der Waals surface area contributed by atoms with Crippen LogP contribution in [0.5, 0.6) is 0 Å². The molecule has 0 aliphatic heterocycles. The molecular formula is C8H10O. The Labute approximate surface area is 55.1 Å². The predicted molar refractivity (Wildman–Crippen MR) is 37.1 cm³/mol. The van der Waals surface area contributed by atoms with Gasteiger partial charge in [0.25, 0.3) is 0 Å². The molecule has 0 unspecified atom stereocenters. The first-order valence-electron chi connectivity index (χ1n) is 3.12. The van der Waals surface area contributed by atoms with Crippen molar-refractivity contribution < 1.29 is 4.79 Å². The molecule has 0 atom stereocenters. The highest BCUT2D eigenvalue weighted by Gasteiger charge is 2.14. The van der Waals surface area contributed by atoms with E-state index < -0.39 is 0 Å². The monoisotopic (exact) mass is 122 g/mol. The number of carbonyl (C=O) groups is 1. The minimum absolute atomic E-state index is 0.220. The van der Waals surface area contributed by atoms with Gasteiger partial charge in [0.05, 0.1) is 0 Å². The zero-order valence-corrected chi connectivity index (χ0v) is 5.77. The molecule has 0 radical (unpaired) electrons. The minimum Gasteiger partial charge on any atom is -0.289 e. The number of hydrogen-bond acceptors (Lipinski definition) is 1. The molecule has 0 saturated heterocycles. The molecule has 0 aromatic carbocycles. The fourth-order valence-electron chi connectivity index (χ4n) is 0.951. The van der Waals surface area contributed by atoms with E-state index in [9.17, 15) is 4.79 Å². The van der Waals surface area contributed by atoms with Gasteiger partial charge in [-0.1, -0.05) is 12.2 Å². The summed E-state index contributed by atoms with van der Waals surface area (Å²) in [4.78, 5) is 11.0. The van der Waals surface area contributed by atoms with Gasteiger partial charge in [-0.25, -0.2) is 0 Å². The van der Waals surface area contributed by atoms with Crippen LogP contribution in [0, 0.1) is 0 Å². The summed E-state index contributed by atoms with van der Waals surface area (Å²) in [7, 11) is 0. The summed E-state index contributed by atoms with van der Waals surface area (Å²) in [5, 5.41) is 0. The van der Waals surface area contributed by atoms with E-state index in [1.165, 1.54) is 0 Å². The van der Waals surface area contributed by atoms with Crippen LogP contribution in [-0.2, 0) is 4.79 Å². The average Bonchev–Trinajstić information content (AvgIpc) is 2.15. The van der Waals surface area contributed by atoms with Crippen LogP contribution >= 0.6 is 0 Å². The Morgan fingerprint density at radius 3 is 2.56 bits per heavy atom. The van der Waals surface area contributed by atoms with Crippen LogP contribution in [0.2, 0.25) is 0 Å². The van der Waals surface area contributed by atoms with Gasteiger partial charge in [0.1, 0.15) is 0 Å². The Morgan fingerprint density at radius 1 is 1.67 bits per heavy atom. The molecule has 1 nitrogen and oxygen atoms in total. The lowest BCUT2D eigenvalue weighted by atomic mass is 10.1. The lowest BCUT2D eigenvalue weighted by molar-refractivity contribution is -0.111. The van der Waals surface area contributed by atoms with Gasteiger partial charge in [0.2, 0.25) is 0 Å². The first kappa shape index (κ1) is 6.27. The molecular weight excluding hydrogens is 112 g/mol. The van der Waals surface area contributed by atoms with E-state index in [1.54, 1.807) is 0 Å². The van der Waals surface area contributed by atoms with Crippen molar-refractivity contribution in [2.75, 3.05) is 0 Å². The van der Waals surface area contributed by atoms with E-state index in [-0.39, 0.29) is 5.78 Å². The van der Waals surface area contributed by atoms with Crippen LogP contribution < -0.4 is 0 Å². The molecule has 0 aromatic rings. The van der Waals surface area contributed by atoms with Crippen molar-refractivity contribution in [1.82, 2.24) is 0 Å². The van der Waals surface area contributed by atoms with Gasteiger partial charge in [0.15, 0.2) is 5.78 Å². The molecule has 0 spiro atoms. The van der Waals surface area contributed by atoms with Gasteiger partial charge in [-0.2, -0.15) is 0 Å². The summed E-state index contributed by atoms with van der Waals surface area (Å²) >= 11 is 0. The molecule has 0 aromatic heterocycles. The Hall–Kier alpha value is -0.850. The summed E-state index contributed by atoms with van der Waals surface area (Å²) < 4.78 is 0. The van der Waals surface area contributed by atoms with Crippen LogP contribution in [0.4, 0.5) is 0 Å². The summed E-state index contributed by atoms with van der Waals surface area (Å²) in [5.41, 5.74) is 1.83. The van der Waals surface area contributed by atoms with E-state index in [1.807, 2.05) is 26.0 Å². The van der Waals surface area contributed by atoms with Crippen LogP contribution in [0.3, 0.4) is 0 Å². The lowest BCUT2D eigenvalue weighted by Crippen LogP contribution is -1.94. The Kier molecular flexibility index (Phi) is 1.52. The summed E-state index contributed by atoms with van der Waals surface area (Å²) in [6.45, 7) is 3.76. The molecule has 0 fully saturated rings. The highest BCUT2D eigenvalue weighted by atomic mass is 16.1. The summed E-state index contributed by atoms with van der Waals surface area (Å²) in [5.74, 6) is 0.220. The maximum absolute atomic E-state index is 11.0. The van der Waals surface area contributed by atoms with Crippen molar-refractivity contribution in [1.29, 1.82) is 0 Å². The number of rotatable bonds is 0. The Morgan fingerprint density at radius 2 is 2.33 bits per heavy atom. The van der Waals surface area contributed by atoms with Gasteiger partial charge in [-0.3, -0.25) is 4.79 Å². The van der Waals surface area contributed by atoms with E-state index >= 15 is 0 Å². The lowest BCUT2D eigenvalue weighted by Gasteiger charge is -1.89. The number of carbonyl (C=O) groups excluding carboxylic acids is 1. The van der Waals surface area contributed by atoms with Gasteiger partial charge < -0.3 is 0 Å². The second-order valence-electron chi connectivity index (χ2n) is 2.23. The molecule has 0 heterocycles. The van der Waals surface area contributed by atoms with Crippen molar-refractivity contribution >= 4 is 5.78 Å². The number of hydrogen-bond donors (Lipinski definition) is 0. The fourth-order valence-corrected chi connectivity index (χ4v) is 0.951. The predicted octanol–water partition coefficient (Wildman–Crippen LogP) is 1.85. The SMILES string of the molecule is C/C=C1/CC=C(C)C1=O. The minimum atomic E-state index is 0.220. The third-order valence-corrected chi connectivity index (χ3v) is 1.63. The quantitative estimate of drug-likeness (QED) is 0.448. The number of Topliss-reactive ketones (excluding diaryl/α,β-unsaturated/α-hetero) is 1. The smallest absolute Gasteiger partial charge is 0.184 e. The molecule has 9 heavy (non-hydrogen) atoms. The van der Waals surface area contributed by atoms with Crippen molar-refractivity contribution in [3.63, 3.8) is 0 Å². The molecule has 0 amide bonds. The van der Waals surface area contributed by atoms with Crippen molar-refractivity contribution in [3.05, 3.63) is 23.3 Å². The summed E-state index contributed by atoms with van der Waals surface area (Å²) in [6.07, 6.45) is 4.69. The van der Waals surface area contributed by atoms with Crippen LogP contribution in [0.15, 0.2) is 23.3 Å². The summed E-state index contributed by atoms with van der Waals surface area (Å²) in [6, 6.07) is 0. The largest absolute Gasteiger partial charge is 0.289 e. The van der Waals surface area contributed by atoms with Gasteiger partial charge >= 0.3 is 0 Å². The molecule has 1 aliphatic rings. The maximum atomic E-state index is 11.0. The third kappa shape index (κ3) is 0.947. The highest BCUT2D eigenvalue weighted by molar-refractivity contribution is 6.10. The van der Waals surface area contributed by atoms with Gasteiger partial charge in [-0.05, 0) is 31.4 Å². The molecule has 0 saturated carbocycles. The number of allylic oxidation sites excluding steroid dienone is 4. The van der Waals surface area contributed by atoms with E-state index in [0.29, 0.717) is 0 Å². The molecule has 0 N–H and O–H groups in total. The topological polar surface area (TPSA) is 17.1 Å². The maximum Gasteiger partial charge on any atom is 0.184 e. The zero-order chi connectivity index (χ0) is 6.85. The first-order valence-corrected chi connectivity index (χ1v) is 3.12. The second-order valence-corrected chi connectivity index (χ2v) is 2.23. The van der Waals surface area contributed by atoms with Crippen LogP contribution in [-0.4, -0.2) is 5.78 Å². The van der Waals surface area contributed by atoms with E-state index in [2.05, 4.69) is 0 Å². The normalized spacial score (nSPS) is 23.1. The third-order valence-electron chi connectivity index (χ3n) is 1.63. The second kappa shape index (κ2) is 2.18. The highest BCUT2D eigenvalue weighted by Crippen LogP contribution is 2.18.